The molecule has 1 N–H and O–H groups in total. The Bertz CT molecular complexity index is 1070. The molecular formula is C34H49N5O2. The molecule has 7 nitrogen and oxygen atoms in total. The summed E-state index contributed by atoms with van der Waals surface area (Å²) in [5.41, 5.74) is 2.06. The third-order valence-electron chi connectivity index (χ3n) is 7.54. The smallest absolute Gasteiger partial charge is 0.353 e. The number of nitrogens with one attached hydrogen (secondary N) is 1. The summed E-state index contributed by atoms with van der Waals surface area (Å²) in [5.74, 6) is 0.627. The molecule has 1 heterocycles. The summed E-state index contributed by atoms with van der Waals surface area (Å²) in [4.78, 5) is 22.6. The minimum atomic E-state index is -0.355. The van der Waals surface area contributed by atoms with Crippen LogP contribution in [-0.2, 0) is 13.1 Å². The molecule has 0 saturated heterocycles. The van der Waals surface area contributed by atoms with Crippen LogP contribution < -0.4 is 10.2 Å². The molecule has 41 heavy (non-hydrogen) atoms. The second-order valence-electron chi connectivity index (χ2n) is 11.0. The second kappa shape index (κ2) is 19.6. The van der Waals surface area contributed by atoms with Gasteiger partial charge in [0.05, 0.1) is 4.92 Å². The number of hydrogen-bond acceptors (Lipinski definition) is 6. The zero-order valence-corrected chi connectivity index (χ0v) is 25.0. The lowest BCUT2D eigenvalue weighted by Gasteiger charge is -2.24. The van der Waals surface area contributed by atoms with Gasteiger partial charge in [0.25, 0.3) is 0 Å². The summed E-state index contributed by atoms with van der Waals surface area (Å²) in [6.45, 7) is 3.94. The standard InChI is InChI=1S/C34H49N5O2/c1-2-3-4-5-6-7-8-9-10-11-12-13-14-21-26-35-33-32(39(40)41)34(37-29-36-33)38(27-30-22-17-15-18-23-30)28-31-24-19-16-20-25-31/h15-20,22-25,29H,2-14,21,26-28H2,1H3,(H,35,36,37). The molecule has 0 bridgehead atoms. The molecule has 1 aromatic heterocycles. The van der Waals surface area contributed by atoms with Gasteiger partial charge >= 0.3 is 5.69 Å². The maximum Gasteiger partial charge on any atom is 0.353 e. The number of anilines is 2. The van der Waals surface area contributed by atoms with E-state index in [1.807, 2.05) is 65.6 Å². The van der Waals surface area contributed by atoms with Crippen LogP contribution in [0.2, 0.25) is 0 Å². The van der Waals surface area contributed by atoms with Gasteiger partial charge in [-0.05, 0) is 17.5 Å². The van der Waals surface area contributed by atoms with Gasteiger partial charge in [0.1, 0.15) is 6.33 Å². The van der Waals surface area contributed by atoms with Crippen LogP contribution in [-0.4, -0.2) is 21.4 Å². The van der Waals surface area contributed by atoms with Crippen molar-refractivity contribution in [2.75, 3.05) is 16.8 Å². The SMILES string of the molecule is CCCCCCCCCCCCCCCCNc1ncnc(N(Cc2ccccc2)Cc2ccccc2)c1[N+](=O)[O-]. The van der Waals surface area contributed by atoms with E-state index >= 15 is 0 Å². The largest absolute Gasteiger partial charge is 0.364 e. The first kappa shape index (κ1) is 32.0. The average molecular weight is 560 g/mol. The van der Waals surface area contributed by atoms with E-state index in [-0.39, 0.29) is 10.6 Å². The Morgan fingerprint density at radius 3 is 1.61 bits per heavy atom. The number of nitrogens with zero attached hydrogens (tertiary/aromatic N) is 4. The Morgan fingerprint density at radius 2 is 1.15 bits per heavy atom. The molecule has 0 amide bonds. The van der Waals surface area contributed by atoms with E-state index in [9.17, 15) is 10.1 Å². The molecule has 222 valence electrons. The van der Waals surface area contributed by atoms with Gasteiger partial charge in [0.2, 0.25) is 11.6 Å². The summed E-state index contributed by atoms with van der Waals surface area (Å²) in [6.07, 6.45) is 19.7. The van der Waals surface area contributed by atoms with Crippen LogP contribution in [0.3, 0.4) is 0 Å². The molecule has 0 aliphatic heterocycles. The molecule has 0 aliphatic carbocycles. The summed E-state index contributed by atoms with van der Waals surface area (Å²) in [7, 11) is 0. The Morgan fingerprint density at radius 1 is 0.683 bits per heavy atom. The fraction of sp³-hybridized carbons (Fsp3) is 0.529. The van der Waals surface area contributed by atoms with Crippen molar-refractivity contribution < 1.29 is 4.92 Å². The van der Waals surface area contributed by atoms with Gasteiger partial charge in [-0.1, -0.05) is 151 Å². The Labute approximate surface area is 247 Å². The number of hydrogen-bond donors (Lipinski definition) is 1. The lowest BCUT2D eigenvalue weighted by atomic mass is 10.0. The van der Waals surface area contributed by atoms with Gasteiger partial charge in [-0.15, -0.1) is 0 Å². The molecule has 7 heteroatoms. The van der Waals surface area contributed by atoms with Crippen LogP contribution >= 0.6 is 0 Å². The van der Waals surface area contributed by atoms with Crippen LogP contribution in [0.4, 0.5) is 17.3 Å². The van der Waals surface area contributed by atoms with Crippen molar-refractivity contribution in [3.8, 4) is 0 Å². The number of rotatable bonds is 22. The molecule has 0 aliphatic rings. The summed E-state index contributed by atoms with van der Waals surface area (Å²) in [6, 6.07) is 20.0. The van der Waals surface area contributed by atoms with E-state index in [0.717, 1.165) is 24.0 Å². The summed E-state index contributed by atoms with van der Waals surface area (Å²) < 4.78 is 0. The fourth-order valence-electron chi connectivity index (χ4n) is 5.24. The molecular weight excluding hydrogens is 510 g/mol. The minimum absolute atomic E-state index is 0.0651. The van der Waals surface area contributed by atoms with Crippen LogP contribution in [0.5, 0.6) is 0 Å². The zero-order valence-electron chi connectivity index (χ0n) is 25.0. The van der Waals surface area contributed by atoms with E-state index in [4.69, 9.17) is 0 Å². The molecule has 0 radical (unpaired) electrons. The molecule has 0 saturated carbocycles. The van der Waals surface area contributed by atoms with Crippen molar-refractivity contribution in [2.24, 2.45) is 0 Å². The monoisotopic (exact) mass is 559 g/mol. The highest BCUT2D eigenvalue weighted by molar-refractivity contribution is 5.70. The Balaban J connectivity index is 1.47. The van der Waals surface area contributed by atoms with E-state index in [1.165, 1.54) is 83.4 Å². The molecule has 0 atom stereocenters. The lowest BCUT2D eigenvalue weighted by Crippen LogP contribution is -2.25. The van der Waals surface area contributed by atoms with Crippen molar-refractivity contribution in [1.82, 2.24) is 9.97 Å². The van der Waals surface area contributed by atoms with E-state index in [2.05, 4.69) is 22.2 Å². The molecule has 3 rings (SSSR count). The van der Waals surface area contributed by atoms with Crippen LogP contribution in [0.15, 0.2) is 67.0 Å². The average Bonchev–Trinajstić information content (AvgIpc) is 2.99. The first-order valence-electron chi connectivity index (χ1n) is 15.7. The van der Waals surface area contributed by atoms with Crippen molar-refractivity contribution in [3.05, 3.63) is 88.2 Å². The molecule has 0 unspecified atom stereocenters. The van der Waals surface area contributed by atoms with Crippen molar-refractivity contribution in [1.29, 1.82) is 0 Å². The van der Waals surface area contributed by atoms with Gasteiger partial charge in [0.15, 0.2) is 0 Å². The predicted octanol–water partition coefficient (Wildman–Crippen LogP) is 9.48. The second-order valence-corrected chi connectivity index (χ2v) is 11.0. The van der Waals surface area contributed by atoms with Gasteiger partial charge in [-0.3, -0.25) is 10.1 Å². The zero-order chi connectivity index (χ0) is 29.0. The number of aromatic nitrogens is 2. The normalized spacial score (nSPS) is 11.0. The highest BCUT2D eigenvalue weighted by Crippen LogP contribution is 2.33. The van der Waals surface area contributed by atoms with Gasteiger partial charge in [-0.25, -0.2) is 9.97 Å². The van der Waals surface area contributed by atoms with E-state index in [1.54, 1.807) is 0 Å². The van der Waals surface area contributed by atoms with Crippen LogP contribution in [0.1, 0.15) is 108 Å². The maximum absolute atomic E-state index is 12.3. The van der Waals surface area contributed by atoms with E-state index in [0.29, 0.717) is 31.3 Å². The first-order valence-corrected chi connectivity index (χ1v) is 15.7. The number of unbranched alkanes of at least 4 members (excludes halogenated alkanes) is 13. The summed E-state index contributed by atoms with van der Waals surface area (Å²) in [5, 5.41) is 15.5. The highest BCUT2D eigenvalue weighted by Gasteiger charge is 2.27. The number of benzene rings is 2. The third kappa shape index (κ3) is 12.3. The maximum atomic E-state index is 12.3. The molecule has 2 aromatic carbocycles. The Kier molecular flexibility index (Phi) is 15.3. The molecule has 0 spiro atoms. The van der Waals surface area contributed by atoms with Crippen molar-refractivity contribution in [2.45, 2.75) is 110 Å². The highest BCUT2D eigenvalue weighted by atomic mass is 16.6. The molecule has 3 aromatic rings. The fourth-order valence-corrected chi connectivity index (χ4v) is 5.24. The predicted molar refractivity (Wildman–Crippen MR) is 170 cm³/mol. The van der Waals surface area contributed by atoms with Crippen LogP contribution in [0.25, 0.3) is 0 Å². The van der Waals surface area contributed by atoms with Crippen LogP contribution in [0, 0.1) is 10.1 Å². The lowest BCUT2D eigenvalue weighted by molar-refractivity contribution is -0.383. The van der Waals surface area contributed by atoms with Crippen molar-refractivity contribution in [3.63, 3.8) is 0 Å². The minimum Gasteiger partial charge on any atom is -0.364 e. The number of nitro groups is 1. The third-order valence-corrected chi connectivity index (χ3v) is 7.54. The Hall–Kier alpha value is -3.48. The quantitative estimate of drug-likeness (QED) is 0.0749. The summed E-state index contributed by atoms with van der Waals surface area (Å²) >= 11 is 0. The van der Waals surface area contributed by atoms with Gasteiger partial charge < -0.3 is 10.2 Å². The molecule has 0 fully saturated rings. The van der Waals surface area contributed by atoms with Crippen molar-refractivity contribution >= 4 is 17.3 Å². The van der Waals surface area contributed by atoms with E-state index < -0.39 is 0 Å². The first-order chi connectivity index (χ1) is 20.2. The topological polar surface area (TPSA) is 84.2 Å². The van der Waals surface area contributed by atoms with Gasteiger partial charge in [-0.2, -0.15) is 0 Å². The van der Waals surface area contributed by atoms with Gasteiger partial charge in [0, 0.05) is 19.6 Å².